The van der Waals surface area contributed by atoms with E-state index in [4.69, 9.17) is 10.00 Å². The van der Waals surface area contributed by atoms with Crippen LogP contribution in [0.15, 0.2) is 24.3 Å². The van der Waals surface area contributed by atoms with E-state index in [1.165, 1.54) is 12.5 Å². The predicted octanol–water partition coefficient (Wildman–Crippen LogP) is 1.58. The minimum Gasteiger partial charge on any atom is -0.462 e. The molecule has 0 atom stereocenters. The Bertz CT molecular complexity index is 609. The molecule has 0 aliphatic heterocycles. The molecule has 0 unspecified atom stereocenters. The first kappa shape index (κ1) is 15.3. The van der Waals surface area contributed by atoms with Gasteiger partial charge < -0.3 is 4.74 Å². The topological polar surface area (TPSA) is 67.2 Å². The van der Waals surface area contributed by atoms with Crippen LogP contribution in [-0.2, 0) is 19.1 Å². The lowest BCUT2D eigenvalue weighted by molar-refractivity contribution is -0.135. The monoisotopic (exact) mass is 279 g/mol. The van der Waals surface area contributed by atoms with E-state index < -0.39 is 15.5 Å². The molecule has 102 valence electrons. The van der Waals surface area contributed by atoms with Crippen molar-refractivity contribution in [1.82, 2.24) is 0 Å². The fourth-order valence-corrected chi connectivity index (χ4v) is 2.72. The number of nitriles is 1. The molecule has 4 nitrogen and oxygen atoms in total. The third-order valence-electron chi connectivity index (χ3n) is 2.39. The average Bonchev–Trinajstić information content (AvgIpc) is 2.35. The minimum atomic E-state index is -2.46. The van der Waals surface area contributed by atoms with E-state index in [0.717, 1.165) is 0 Å². The van der Waals surface area contributed by atoms with Gasteiger partial charge in [-0.3, -0.25) is 4.21 Å². The lowest BCUT2D eigenvalue weighted by Gasteiger charge is -2.11. The molecule has 0 aliphatic rings. The molecule has 0 aromatic heterocycles. The van der Waals surface area contributed by atoms with Crippen molar-refractivity contribution in [1.29, 1.82) is 5.26 Å². The number of esters is 1. The van der Waals surface area contributed by atoms with E-state index in [1.54, 1.807) is 24.3 Å². The summed E-state index contributed by atoms with van der Waals surface area (Å²) in [5.41, 5.74) is 1.03. The van der Waals surface area contributed by atoms with Crippen molar-refractivity contribution in [3.8, 4) is 6.07 Å². The first-order valence-electron chi connectivity index (χ1n) is 5.89. The summed E-state index contributed by atoms with van der Waals surface area (Å²) in [6, 6.07) is 8.42. The number of carbonyl (C=O) groups excluding carboxylic acids is 1. The van der Waals surface area contributed by atoms with Crippen LogP contribution in [0.25, 0.3) is 0 Å². The van der Waals surface area contributed by atoms with E-state index >= 15 is 0 Å². The molecule has 19 heavy (non-hydrogen) atoms. The molecular formula is C14H17NO3S. The van der Waals surface area contributed by atoms with E-state index in [0.29, 0.717) is 24.2 Å². The normalized spacial score (nSPS) is 10.6. The van der Waals surface area contributed by atoms with Gasteiger partial charge in [0.15, 0.2) is 0 Å². The zero-order valence-electron chi connectivity index (χ0n) is 11.3. The van der Waals surface area contributed by atoms with Gasteiger partial charge in [0.05, 0.1) is 18.2 Å². The summed E-state index contributed by atoms with van der Waals surface area (Å²) in [6.45, 7) is 2.19. The fourth-order valence-electron chi connectivity index (χ4n) is 1.56. The van der Waals surface area contributed by atoms with Crippen molar-refractivity contribution in [2.75, 3.05) is 19.1 Å². The molecule has 0 fully saturated rings. The van der Waals surface area contributed by atoms with E-state index in [1.807, 2.05) is 13.0 Å². The maximum Gasteiger partial charge on any atom is 0.346 e. The highest BCUT2D eigenvalue weighted by Gasteiger charge is 2.19. The quantitative estimate of drug-likeness (QED) is 0.477. The predicted molar refractivity (Wildman–Crippen MR) is 76.5 cm³/mol. The molecule has 1 aromatic carbocycles. The maximum absolute atomic E-state index is 12.2. The van der Waals surface area contributed by atoms with Gasteiger partial charge >= 0.3 is 5.97 Å². The standard InChI is InChI=1S/C14H17NO3S/c1-4-9-18-14(16)13(19(2,3)17)12-7-5-11(10-15)6-8-12/h5-8H,4,9H2,1-3H3. The van der Waals surface area contributed by atoms with Crippen molar-refractivity contribution < 1.29 is 13.7 Å². The molecular weight excluding hydrogens is 262 g/mol. The van der Waals surface area contributed by atoms with Crippen LogP contribution in [0.3, 0.4) is 0 Å². The minimum absolute atomic E-state index is 0.172. The molecule has 0 bridgehead atoms. The maximum atomic E-state index is 12.2. The third-order valence-corrected chi connectivity index (χ3v) is 3.78. The fraction of sp³-hybridized carbons (Fsp3) is 0.357. The number of hydrogen-bond acceptors (Lipinski definition) is 4. The largest absolute Gasteiger partial charge is 0.462 e. The van der Waals surface area contributed by atoms with Gasteiger partial charge in [0.25, 0.3) is 0 Å². The molecule has 0 N–H and O–H groups in total. The molecule has 0 spiro atoms. The molecule has 5 heteroatoms. The molecule has 0 heterocycles. The van der Waals surface area contributed by atoms with Crippen LogP contribution in [0, 0.1) is 11.3 Å². The van der Waals surface area contributed by atoms with Crippen LogP contribution < -0.4 is 0 Å². The SMILES string of the molecule is CCCOC(=O)C(c1ccc(C#N)cc1)=S(C)(C)=O. The van der Waals surface area contributed by atoms with Crippen molar-refractivity contribution in [3.05, 3.63) is 35.4 Å². The van der Waals surface area contributed by atoms with Crippen LogP contribution in [0.5, 0.6) is 0 Å². The number of hydrogen-bond donors (Lipinski definition) is 0. The summed E-state index contributed by atoms with van der Waals surface area (Å²) in [5, 5.41) is 8.75. The van der Waals surface area contributed by atoms with Crippen LogP contribution in [0.4, 0.5) is 0 Å². The van der Waals surface area contributed by atoms with Crippen molar-refractivity contribution in [3.63, 3.8) is 0 Å². The summed E-state index contributed by atoms with van der Waals surface area (Å²) in [7, 11) is -2.46. The number of carbonyl (C=O) groups is 1. The summed E-state index contributed by atoms with van der Waals surface area (Å²) >= 11 is 0. The lowest BCUT2D eigenvalue weighted by atomic mass is 10.1. The second-order valence-corrected chi connectivity index (χ2v) is 7.26. The Morgan fingerprint density at radius 1 is 1.32 bits per heavy atom. The number of ether oxygens (including phenoxy) is 1. The molecule has 1 aromatic rings. The van der Waals surface area contributed by atoms with Gasteiger partial charge in [-0.25, -0.2) is 4.79 Å². The van der Waals surface area contributed by atoms with Crippen molar-refractivity contribution in [2.24, 2.45) is 0 Å². The number of benzene rings is 1. The average molecular weight is 279 g/mol. The second-order valence-electron chi connectivity index (χ2n) is 4.39. The first-order valence-corrected chi connectivity index (χ1v) is 8.26. The Hall–Kier alpha value is -1.80. The summed E-state index contributed by atoms with van der Waals surface area (Å²) in [5.74, 6) is -0.554. The van der Waals surface area contributed by atoms with Crippen LogP contribution >= 0.6 is 0 Å². The highest BCUT2D eigenvalue weighted by molar-refractivity contribution is 8.02. The van der Waals surface area contributed by atoms with Gasteiger partial charge in [0.1, 0.15) is 4.86 Å². The van der Waals surface area contributed by atoms with E-state index in [2.05, 4.69) is 0 Å². The summed E-state index contributed by atoms with van der Waals surface area (Å²) in [4.78, 5) is 12.2. The first-order chi connectivity index (χ1) is 8.90. The van der Waals surface area contributed by atoms with Gasteiger partial charge in [0.2, 0.25) is 0 Å². The van der Waals surface area contributed by atoms with Crippen molar-refractivity contribution >= 4 is 20.4 Å². The highest BCUT2D eigenvalue weighted by atomic mass is 32.2. The second kappa shape index (κ2) is 6.39. The molecule has 1 rings (SSSR count). The van der Waals surface area contributed by atoms with Crippen molar-refractivity contribution in [2.45, 2.75) is 13.3 Å². The van der Waals surface area contributed by atoms with Gasteiger partial charge in [-0.15, -0.1) is 0 Å². The molecule has 0 aliphatic carbocycles. The zero-order valence-corrected chi connectivity index (χ0v) is 12.1. The lowest BCUT2D eigenvalue weighted by Crippen LogP contribution is -2.26. The van der Waals surface area contributed by atoms with Crippen LogP contribution in [-0.4, -0.2) is 34.2 Å². The molecule has 0 amide bonds. The Labute approximate surface area is 114 Å². The van der Waals surface area contributed by atoms with Gasteiger partial charge in [-0.05, 0) is 33.6 Å². The van der Waals surface area contributed by atoms with Gasteiger partial charge in [-0.1, -0.05) is 19.1 Å². The Morgan fingerprint density at radius 2 is 1.89 bits per heavy atom. The van der Waals surface area contributed by atoms with Gasteiger partial charge in [0, 0.05) is 12.5 Å². The molecule has 0 radical (unpaired) electrons. The molecule has 0 saturated heterocycles. The van der Waals surface area contributed by atoms with E-state index in [9.17, 15) is 9.00 Å². The Balaban J connectivity index is 3.24. The highest BCUT2D eigenvalue weighted by Crippen LogP contribution is 2.09. The summed E-state index contributed by atoms with van der Waals surface area (Å²) < 4.78 is 17.3. The number of rotatable bonds is 4. The zero-order chi connectivity index (χ0) is 14.5. The summed E-state index contributed by atoms with van der Waals surface area (Å²) in [6.07, 6.45) is 3.72. The smallest absolute Gasteiger partial charge is 0.346 e. The van der Waals surface area contributed by atoms with Crippen LogP contribution in [0.2, 0.25) is 0 Å². The Morgan fingerprint density at radius 3 is 2.32 bits per heavy atom. The third kappa shape index (κ3) is 4.11. The molecule has 0 saturated carbocycles. The number of nitrogens with zero attached hydrogens (tertiary/aromatic N) is 1. The Kier molecular flexibility index (Phi) is 5.13. The van der Waals surface area contributed by atoms with Gasteiger partial charge in [-0.2, -0.15) is 5.26 Å². The van der Waals surface area contributed by atoms with Crippen LogP contribution in [0.1, 0.15) is 24.5 Å². The van der Waals surface area contributed by atoms with E-state index in [-0.39, 0.29) is 4.86 Å².